The average Bonchev–Trinajstić information content (AvgIpc) is 2.84. The number of phenols is 1. The van der Waals surface area contributed by atoms with E-state index < -0.39 is 46.5 Å². The number of aromatic hydroxyl groups is 1. The molecule has 12 nitrogen and oxygen atoms in total. The number of nitrogens with one attached hydrogen (secondary N) is 1. The van der Waals surface area contributed by atoms with Crippen molar-refractivity contribution in [3.63, 3.8) is 0 Å². The van der Waals surface area contributed by atoms with Crippen molar-refractivity contribution in [2.75, 3.05) is 12.9 Å². The van der Waals surface area contributed by atoms with Crippen LogP contribution in [0.4, 0.5) is 0 Å². The number of unbranched alkanes of at least 4 members (excludes halogenated alkanes) is 1. The molecule has 0 bridgehead atoms. The lowest BCUT2D eigenvalue weighted by Gasteiger charge is -2.55. The third kappa shape index (κ3) is 5.69. The SMILES string of the molecule is COC1(NC(=O)CCCCC(=O)O)C(=O)N2C(C(=O)O)=C(OC(=O)C=Cc3ccc(O)cc3)CSC21. The molecular formula is C23H24N2O10S. The number of hydrogen-bond donors (Lipinski definition) is 4. The third-order valence-electron chi connectivity index (χ3n) is 5.42. The van der Waals surface area contributed by atoms with Crippen LogP contribution in [0, 0.1) is 0 Å². The number of β-lactam (4-membered cyclic amide) rings is 1. The average molecular weight is 521 g/mol. The van der Waals surface area contributed by atoms with Gasteiger partial charge in [0.2, 0.25) is 5.91 Å². The van der Waals surface area contributed by atoms with Gasteiger partial charge in [-0.25, -0.2) is 9.59 Å². The Balaban J connectivity index is 1.70. The van der Waals surface area contributed by atoms with Crippen LogP contribution in [0.1, 0.15) is 31.2 Å². The molecule has 2 atom stereocenters. The Morgan fingerprint density at radius 1 is 1.17 bits per heavy atom. The number of amides is 2. The second-order valence-corrected chi connectivity index (χ2v) is 8.92. The molecule has 2 unspecified atom stereocenters. The Labute approximate surface area is 209 Å². The molecule has 0 aliphatic carbocycles. The first-order chi connectivity index (χ1) is 17.1. The number of hydrogen-bond acceptors (Lipinski definition) is 9. The van der Waals surface area contributed by atoms with Crippen LogP contribution in [-0.2, 0) is 33.4 Å². The zero-order chi connectivity index (χ0) is 26.5. The van der Waals surface area contributed by atoms with Crippen molar-refractivity contribution in [2.24, 2.45) is 0 Å². The highest BCUT2D eigenvalue weighted by Crippen LogP contribution is 2.46. The van der Waals surface area contributed by atoms with Gasteiger partial charge in [-0.05, 0) is 36.6 Å². The van der Waals surface area contributed by atoms with Gasteiger partial charge in [-0.2, -0.15) is 0 Å². The fraction of sp³-hybridized carbons (Fsp3) is 0.348. The quantitative estimate of drug-likeness (QED) is 0.108. The van der Waals surface area contributed by atoms with Crippen molar-refractivity contribution in [3.8, 4) is 5.75 Å². The van der Waals surface area contributed by atoms with Crippen molar-refractivity contribution >= 4 is 47.6 Å². The first-order valence-corrected chi connectivity index (χ1v) is 11.8. The number of thioether (sulfide) groups is 1. The number of aliphatic carboxylic acids is 2. The minimum atomic E-state index is -1.80. The van der Waals surface area contributed by atoms with Gasteiger partial charge in [0.1, 0.15) is 16.9 Å². The molecule has 2 aliphatic rings. The Hall–Kier alpha value is -3.84. The zero-order valence-electron chi connectivity index (χ0n) is 19.1. The first-order valence-electron chi connectivity index (χ1n) is 10.8. The van der Waals surface area contributed by atoms with Gasteiger partial charge in [0.25, 0.3) is 11.6 Å². The Morgan fingerprint density at radius 2 is 1.83 bits per heavy atom. The highest BCUT2D eigenvalue weighted by molar-refractivity contribution is 8.00. The maximum atomic E-state index is 13.0. The van der Waals surface area contributed by atoms with E-state index in [2.05, 4.69) is 5.32 Å². The predicted octanol–water partition coefficient (Wildman–Crippen LogP) is 1.26. The Bertz CT molecular complexity index is 1130. The van der Waals surface area contributed by atoms with Crippen LogP contribution in [0.15, 0.2) is 41.8 Å². The molecule has 1 aromatic carbocycles. The lowest BCUT2D eigenvalue weighted by molar-refractivity contribution is -0.193. The summed E-state index contributed by atoms with van der Waals surface area (Å²) in [4.78, 5) is 61.1. The number of methoxy groups -OCH3 is 1. The van der Waals surface area contributed by atoms with Gasteiger partial charge < -0.3 is 30.1 Å². The molecule has 2 amide bonds. The van der Waals surface area contributed by atoms with E-state index in [1.807, 2.05) is 0 Å². The molecule has 4 N–H and O–H groups in total. The van der Waals surface area contributed by atoms with Gasteiger partial charge in [-0.3, -0.25) is 19.3 Å². The second-order valence-electron chi connectivity index (χ2n) is 7.85. The van der Waals surface area contributed by atoms with E-state index in [-0.39, 0.29) is 42.9 Å². The van der Waals surface area contributed by atoms with Crippen molar-refractivity contribution < 1.29 is 48.8 Å². The molecule has 36 heavy (non-hydrogen) atoms. The lowest BCUT2D eigenvalue weighted by Crippen LogP contribution is -2.80. The van der Waals surface area contributed by atoms with Gasteiger partial charge in [0.05, 0.1) is 5.75 Å². The van der Waals surface area contributed by atoms with Crippen LogP contribution in [0.2, 0.25) is 0 Å². The molecule has 0 saturated carbocycles. The summed E-state index contributed by atoms with van der Waals surface area (Å²) in [5, 5.41) is 29.3. The first kappa shape index (κ1) is 26.8. The third-order valence-corrected chi connectivity index (χ3v) is 6.71. The number of benzene rings is 1. The summed E-state index contributed by atoms with van der Waals surface area (Å²) in [5.74, 6) is -5.00. The normalized spacial score (nSPS) is 21.1. The van der Waals surface area contributed by atoms with Crippen molar-refractivity contribution in [1.29, 1.82) is 0 Å². The summed E-state index contributed by atoms with van der Waals surface area (Å²) in [6.45, 7) is 0. The van der Waals surface area contributed by atoms with E-state index in [1.54, 1.807) is 12.1 Å². The summed E-state index contributed by atoms with van der Waals surface area (Å²) >= 11 is 1.05. The fourth-order valence-corrected chi connectivity index (χ4v) is 5.01. The van der Waals surface area contributed by atoms with Crippen LogP contribution in [0.3, 0.4) is 0 Å². The Morgan fingerprint density at radius 3 is 2.44 bits per heavy atom. The number of carboxylic acids is 2. The van der Waals surface area contributed by atoms with Crippen molar-refractivity contribution in [3.05, 3.63) is 47.4 Å². The molecule has 2 heterocycles. The topological polar surface area (TPSA) is 180 Å². The maximum absolute atomic E-state index is 13.0. The van der Waals surface area contributed by atoms with Crippen molar-refractivity contribution in [2.45, 2.75) is 36.8 Å². The second kappa shape index (κ2) is 11.3. The van der Waals surface area contributed by atoms with Gasteiger partial charge in [-0.15, -0.1) is 11.8 Å². The molecule has 0 aromatic heterocycles. The highest BCUT2D eigenvalue weighted by Gasteiger charge is 2.67. The number of nitrogens with zero attached hydrogens (tertiary/aromatic N) is 1. The molecule has 3 rings (SSSR count). The molecule has 192 valence electrons. The van der Waals surface area contributed by atoms with Crippen LogP contribution < -0.4 is 5.32 Å². The standard InChI is InChI=1S/C23H24N2O10S/c1-34-23(24-16(27)4-2-3-5-17(28)29)21(33)25-19(20(31)32)15(12-36-22(23)25)35-18(30)11-8-13-6-9-14(26)10-7-13/h6-11,22,26H,2-5,12H2,1H3,(H,24,27)(H,28,29)(H,31,32). The highest BCUT2D eigenvalue weighted by atomic mass is 32.2. The lowest BCUT2D eigenvalue weighted by atomic mass is 9.99. The van der Waals surface area contributed by atoms with Crippen molar-refractivity contribution in [1.82, 2.24) is 10.2 Å². The zero-order valence-corrected chi connectivity index (χ0v) is 19.9. The molecular weight excluding hydrogens is 496 g/mol. The van der Waals surface area contributed by atoms with E-state index in [0.29, 0.717) is 5.56 Å². The molecule has 13 heteroatoms. The smallest absolute Gasteiger partial charge is 0.356 e. The van der Waals surface area contributed by atoms with Crippen LogP contribution in [-0.4, -0.2) is 73.9 Å². The van der Waals surface area contributed by atoms with E-state index >= 15 is 0 Å². The van der Waals surface area contributed by atoms with Gasteiger partial charge in [0, 0.05) is 26.0 Å². The summed E-state index contributed by atoms with van der Waals surface area (Å²) in [7, 11) is 1.20. The molecule has 0 spiro atoms. The minimum absolute atomic E-state index is 0.0408. The number of esters is 1. The predicted molar refractivity (Wildman–Crippen MR) is 125 cm³/mol. The number of carbonyl (C=O) groups is 5. The van der Waals surface area contributed by atoms with E-state index in [1.165, 1.54) is 25.3 Å². The minimum Gasteiger partial charge on any atom is -0.508 e. The largest absolute Gasteiger partial charge is 0.508 e. The van der Waals surface area contributed by atoms with E-state index in [9.17, 15) is 34.2 Å². The molecule has 0 radical (unpaired) electrons. The number of ether oxygens (including phenoxy) is 2. The summed E-state index contributed by atoms with van der Waals surface area (Å²) < 4.78 is 10.5. The Kier molecular flexibility index (Phi) is 8.37. The number of rotatable bonds is 11. The maximum Gasteiger partial charge on any atom is 0.356 e. The molecule has 1 fully saturated rings. The van der Waals surface area contributed by atoms with Crippen LogP contribution in [0.5, 0.6) is 5.75 Å². The number of phenolic OH excluding ortho intramolecular Hbond substituents is 1. The summed E-state index contributed by atoms with van der Waals surface area (Å²) in [6, 6.07) is 5.98. The summed E-state index contributed by atoms with van der Waals surface area (Å²) in [5.41, 5.74) is -1.74. The van der Waals surface area contributed by atoms with Gasteiger partial charge in [0.15, 0.2) is 5.70 Å². The molecule has 1 aromatic rings. The number of fused-ring (bicyclic) bond motifs is 1. The molecule has 2 aliphatic heterocycles. The van der Waals surface area contributed by atoms with Gasteiger partial charge >= 0.3 is 17.9 Å². The fourth-order valence-electron chi connectivity index (χ4n) is 3.67. The number of carboxylic acid groups (broad SMARTS) is 2. The summed E-state index contributed by atoms with van der Waals surface area (Å²) in [6.07, 6.45) is 2.93. The van der Waals surface area contributed by atoms with Gasteiger partial charge in [-0.1, -0.05) is 12.1 Å². The van der Waals surface area contributed by atoms with E-state index in [4.69, 9.17) is 14.6 Å². The van der Waals surface area contributed by atoms with E-state index in [0.717, 1.165) is 22.7 Å². The molecule has 1 saturated heterocycles. The monoisotopic (exact) mass is 520 g/mol. The van der Waals surface area contributed by atoms with Crippen LogP contribution >= 0.6 is 11.8 Å². The number of carbonyl (C=O) groups excluding carboxylic acids is 3. The van der Waals surface area contributed by atoms with Crippen LogP contribution in [0.25, 0.3) is 6.08 Å².